The van der Waals surface area contributed by atoms with Crippen molar-refractivity contribution in [3.05, 3.63) is 35.4 Å². The molecule has 0 aliphatic heterocycles. The highest BCUT2D eigenvalue weighted by atomic mass is 15.0. The first kappa shape index (κ1) is 9.06. The van der Waals surface area contributed by atoms with Crippen LogP contribution in [0.15, 0.2) is 29.3 Å². The molecule has 1 aromatic carbocycles. The third-order valence-corrected chi connectivity index (χ3v) is 2.65. The number of nitrogens with zero attached hydrogens (tertiary/aromatic N) is 1. The number of rotatable bonds is 1. The van der Waals surface area contributed by atoms with Crippen LogP contribution in [0.2, 0.25) is 0 Å². The molecule has 0 unspecified atom stereocenters. The molecule has 0 radical (unpaired) electrons. The molecule has 0 bridgehead atoms. The molecule has 2 rings (SSSR count). The quantitative estimate of drug-likeness (QED) is 0.507. The largest absolute Gasteiger partial charge is 0.370 e. The minimum Gasteiger partial charge on any atom is -0.370 e. The molecule has 1 aliphatic carbocycles. The maximum atomic E-state index is 5.37. The molecule has 74 valence electrons. The number of nitrogens with two attached hydrogens (primary N) is 2. The van der Waals surface area contributed by atoms with Crippen molar-refractivity contribution in [1.82, 2.24) is 0 Å². The number of guanidine groups is 1. The van der Waals surface area contributed by atoms with Crippen molar-refractivity contribution in [3.63, 3.8) is 0 Å². The predicted octanol–water partition coefficient (Wildman–Crippen LogP) is 0.817. The minimum atomic E-state index is 0.203. The van der Waals surface area contributed by atoms with Crippen LogP contribution in [0.3, 0.4) is 0 Å². The Balaban J connectivity index is 2.17. The van der Waals surface area contributed by atoms with Gasteiger partial charge in [0.05, 0.1) is 6.04 Å². The maximum absolute atomic E-state index is 5.37. The number of hydrogen-bond donors (Lipinski definition) is 2. The molecule has 0 amide bonds. The second-order valence-electron chi connectivity index (χ2n) is 3.72. The minimum absolute atomic E-state index is 0.203. The van der Waals surface area contributed by atoms with E-state index in [2.05, 4.69) is 29.3 Å². The van der Waals surface area contributed by atoms with Crippen LogP contribution in [0, 0.1) is 0 Å². The van der Waals surface area contributed by atoms with Crippen molar-refractivity contribution in [3.8, 4) is 0 Å². The van der Waals surface area contributed by atoms with Crippen molar-refractivity contribution >= 4 is 5.96 Å². The summed E-state index contributed by atoms with van der Waals surface area (Å²) in [6.07, 6.45) is 3.10. The molecule has 0 aromatic heterocycles. The lowest BCUT2D eigenvalue weighted by Gasteiger charge is -2.21. The van der Waals surface area contributed by atoms with Crippen LogP contribution in [0.25, 0.3) is 0 Å². The van der Waals surface area contributed by atoms with E-state index >= 15 is 0 Å². The standard InChI is InChI=1S/C11H15N3/c12-11(13)14-10-6-5-8-3-1-2-4-9(8)7-10/h1-4,10H,5-7H2,(H4,12,13,14)/t10-/m1/s1. The second kappa shape index (κ2) is 3.70. The Morgan fingerprint density at radius 2 is 1.93 bits per heavy atom. The molecular formula is C11H15N3. The average Bonchev–Trinajstić information content (AvgIpc) is 2.17. The van der Waals surface area contributed by atoms with E-state index in [0.717, 1.165) is 19.3 Å². The first-order valence-electron chi connectivity index (χ1n) is 4.91. The van der Waals surface area contributed by atoms with Crippen LogP contribution < -0.4 is 11.5 Å². The van der Waals surface area contributed by atoms with Gasteiger partial charge in [-0.05, 0) is 30.4 Å². The van der Waals surface area contributed by atoms with Crippen molar-refractivity contribution in [1.29, 1.82) is 0 Å². The van der Waals surface area contributed by atoms with Gasteiger partial charge in [0.15, 0.2) is 5.96 Å². The molecule has 1 aliphatic rings. The zero-order chi connectivity index (χ0) is 9.97. The molecule has 0 heterocycles. The highest BCUT2D eigenvalue weighted by molar-refractivity contribution is 5.75. The average molecular weight is 189 g/mol. The summed E-state index contributed by atoms with van der Waals surface area (Å²) in [7, 11) is 0. The zero-order valence-corrected chi connectivity index (χ0v) is 8.11. The smallest absolute Gasteiger partial charge is 0.186 e. The monoisotopic (exact) mass is 189 g/mol. The SMILES string of the molecule is NC(N)=N[C@@H]1CCc2ccccc2C1. The summed E-state index contributed by atoms with van der Waals surface area (Å²) in [4.78, 5) is 4.21. The fourth-order valence-electron chi connectivity index (χ4n) is 2.00. The Hall–Kier alpha value is -1.51. The van der Waals surface area contributed by atoms with Crippen LogP contribution in [0.4, 0.5) is 0 Å². The van der Waals surface area contributed by atoms with E-state index in [1.54, 1.807) is 0 Å². The summed E-state index contributed by atoms with van der Waals surface area (Å²) in [5.74, 6) is 0.203. The lowest BCUT2D eigenvalue weighted by molar-refractivity contribution is 0.578. The number of fused-ring (bicyclic) bond motifs is 1. The zero-order valence-electron chi connectivity index (χ0n) is 8.11. The van der Waals surface area contributed by atoms with E-state index in [1.807, 2.05) is 0 Å². The molecule has 4 N–H and O–H groups in total. The number of hydrogen-bond acceptors (Lipinski definition) is 1. The lowest BCUT2D eigenvalue weighted by Crippen LogP contribution is -2.28. The van der Waals surface area contributed by atoms with Crippen molar-refractivity contribution in [2.75, 3.05) is 0 Å². The van der Waals surface area contributed by atoms with E-state index < -0.39 is 0 Å². The van der Waals surface area contributed by atoms with E-state index in [1.165, 1.54) is 11.1 Å². The molecule has 3 nitrogen and oxygen atoms in total. The van der Waals surface area contributed by atoms with Crippen LogP contribution in [0.1, 0.15) is 17.5 Å². The molecule has 0 fully saturated rings. The Morgan fingerprint density at radius 1 is 1.21 bits per heavy atom. The highest BCUT2D eigenvalue weighted by Gasteiger charge is 2.16. The highest BCUT2D eigenvalue weighted by Crippen LogP contribution is 2.22. The molecular weight excluding hydrogens is 174 g/mol. The van der Waals surface area contributed by atoms with E-state index in [-0.39, 0.29) is 12.0 Å². The molecule has 1 atom stereocenters. The van der Waals surface area contributed by atoms with Gasteiger partial charge < -0.3 is 11.5 Å². The lowest BCUT2D eigenvalue weighted by atomic mass is 9.89. The number of benzene rings is 1. The summed E-state index contributed by atoms with van der Waals surface area (Å²) in [5.41, 5.74) is 13.6. The normalized spacial score (nSPS) is 19.9. The topological polar surface area (TPSA) is 64.4 Å². The molecule has 0 saturated heterocycles. The molecule has 3 heteroatoms. The van der Waals surface area contributed by atoms with Crippen molar-refractivity contribution in [2.45, 2.75) is 25.3 Å². The first-order valence-corrected chi connectivity index (χ1v) is 4.91. The predicted molar refractivity (Wildman–Crippen MR) is 58.1 cm³/mol. The summed E-state index contributed by atoms with van der Waals surface area (Å²) in [6.45, 7) is 0. The van der Waals surface area contributed by atoms with Gasteiger partial charge in [-0.15, -0.1) is 0 Å². The molecule has 0 saturated carbocycles. The van der Waals surface area contributed by atoms with Gasteiger partial charge in [-0.3, -0.25) is 0 Å². The number of aliphatic imine (C=N–C) groups is 1. The molecule has 0 spiro atoms. The van der Waals surface area contributed by atoms with Gasteiger partial charge in [-0.1, -0.05) is 24.3 Å². The summed E-state index contributed by atoms with van der Waals surface area (Å²) in [6, 6.07) is 8.76. The van der Waals surface area contributed by atoms with Crippen molar-refractivity contribution < 1.29 is 0 Å². The van der Waals surface area contributed by atoms with Crippen molar-refractivity contribution in [2.24, 2.45) is 16.5 Å². The van der Waals surface area contributed by atoms with E-state index in [9.17, 15) is 0 Å². The van der Waals surface area contributed by atoms with Gasteiger partial charge in [0.25, 0.3) is 0 Å². The Bertz CT molecular complexity index is 353. The van der Waals surface area contributed by atoms with Gasteiger partial charge in [0, 0.05) is 0 Å². The van der Waals surface area contributed by atoms with Crippen LogP contribution in [-0.4, -0.2) is 12.0 Å². The van der Waals surface area contributed by atoms with Crippen LogP contribution in [-0.2, 0) is 12.8 Å². The van der Waals surface area contributed by atoms with Crippen LogP contribution in [0.5, 0.6) is 0 Å². The fourth-order valence-corrected chi connectivity index (χ4v) is 2.00. The maximum Gasteiger partial charge on any atom is 0.186 e. The third kappa shape index (κ3) is 1.87. The summed E-state index contributed by atoms with van der Waals surface area (Å²) < 4.78 is 0. The van der Waals surface area contributed by atoms with Gasteiger partial charge in [0.1, 0.15) is 0 Å². The Morgan fingerprint density at radius 3 is 2.64 bits per heavy atom. The summed E-state index contributed by atoms with van der Waals surface area (Å²) >= 11 is 0. The van der Waals surface area contributed by atoms with Gasteiger partial charge in [0.2, 0.25) is 0 Å². The molecule has 14 heavy (non-hydrogen) atoms. The fraction of sp³-hybridized carbons (Fsp3) is 0.364. The summed E-state index contributed by atoms with van der Waals surface area (Å²) in [5, 5.41) is 0. The van der Waals surface area contributed by atoms with Gasteiger partial charge in [-0.2, -0.15) is 0 Å². The third-order valence-electron chi connectivity index (χ3n) is 2.65. The molecule has 1 aromatic rings. The Kier molecular flexibility index (Phi) is 2.39. The Labute approximate surface area is 83.8 Å². The van der Waals surface area contributed by atoms with E-state index in [0.29, 0.717) is 0 Å². The van der Waals surface area contributed by atoms with Gasteiger partial charge in [-0.25, -0.2) is 4.99 Å². The number of aryl methyl sites for hydroxylation is 1. The van der Waals surface area contributed by atoms with E-state index in [4.69, 9.17) is 11.5 Å². The van der Waals surface area contributed by atoms with Crippen LogP contribution >= 0.6 is 0 Å². The van der Waals surface area contributed by atoms with Gasteiger partial charge >= 0.3 is 0 Å². The first-order chi connectivity index (χ1) is 6.75. The second-order valence-corrected chi connectivity index (χ2v) is 3.72.